The highest BCUT2D eigenvalue weighted by molar-refractivity contribution is 8.01. The topological polar surface area (TPSA) is 87.8 Å². The fraction of sp³-hybridized carbons (Fsp3) is 0.273. The summed E-state index contributed by atoms with van der Waals surface area (Å²) in [7, 11) is 1.80. The second kappa shape index (κ2) is 8.93. The van der Waals surface area contributed by atoms with Crippen molar-refractivity contribution in [1.29, 1.82) is 5.26 Å². The summed E-state index contributed by atoms with van der Waals surface area (Å²) in [6, 6.07) is 17.1. The lowest BCUT2D eigenvalue weighted by Gasteiger charge is -2.14. The quantitative estimate of drug-likeness (QED) is 0.644. The molecule has 0 aliphatic rings. The van der Waals surface area contributed by atoms with E-state index in [2.05, 4.69) is 16.4 Å². The first kappa shape index (κ1) is 20.6. The van der Waals surface area contributed by atoms with Gasteiger partial charge in [-0.05, 0) is 38.1 Å². The molecule has 1 amide bonds. The van der Waals surface area contributed by atoms with Gasteiger partial charge in [0.1, 0.15) is 5.82 Å². The van der Waals surface area contributed by atoms with E-state index in [-0.39, 0.29) is 17.4 Å². The number of para-hydroxylation sites is 2. The Labute approximate surface area is 173 Å². The number of benzene rings is 2. The van der Waals surface area contributed by atoms with E-state index in [9.17, 15) is 14.9 Å². The summed E-state index contributed by atoms with van der Waals surface area (Å²) < 4.78 is 1.78. The molecule has 0 unspecified atom stereocenters. The smallest absolute Gasteiger partial charge is 0.234 e. The van der Waals surface area contributed by atoms with Crippen molar-refractivity contribution in [2.45, 2.75) is 25.0 Å². The number of ketones is 1. The predicted molar refractivity (Wildman–Crippen MR) is 116 cm³/mol. The van der Waals surface area contributed by atoms with Crippen LogP contribution in [-0.2, 0) is 16.6 Å². The monoisotopic (exact) mass is 406 g/mol. The number of hydrogen-bond donors (Lipinski definition) is 1. The number of carbonyl (C=O) groups excluding carboxylic acids is 2. The predicted octanol–water partition coefficient (Wildman–Crippen LogP) is 3.82. The van der Waals surface area contributed by atoms with Crippen LogP contribution in [0.3, 0.4) is 0 Å². The molecule has 3 rings (SSSR count). The Bertz CT molecular complexity index is 1080. The zero-order valence-electron chi connectivity index (χ0n) is 16.5. The number of aryl methyl sites for hydroxylation is 2. The number of amides is 1. The van der Waals surface area contributed by atoms with Gasteiger partial charge in [0.25, 0.3) is 0 Å². The number of Topliss-reactive ketones (excluding diaryl/α,β-unsaturated/α-hetero) is 1. The van der Waals surface area contributed by atoms with Gasteiger partial charge in [0, 0.05) is 12.7 Å². The Morgan fingerprint density at radius 2 is 1.90 bits per heavy atom. The molecule has 2 aromatic carbocycles. The number of hydrogen-bond acceptors (Lipinski definition) is 5. The van der Waals surface area contributed by atoms with Crippen molar-refractivity contribution in [3.05, 3.63) is 59.9 Å². The molecule has 0 fully saturated rings. The maximum absolute atomic E-state index is 12.9. The Morgan fingerprint density at radius 3 is 2.55 bits per heavy atom. The van der Waals surface area contributed by atoms with Crippen LogP contribution in [0.5, 0.6) is 0 Å². The first-order valence-corrected chi connectivity index (χ1v) is 10.3. The number of carbonyl (C=O) groups is 2. The number of nitrogens with one attached hydrogen (secondary N) is 1. The highest BCUT2D eigenvalue weighted by Gasteiger charge is 2.30. The zero-order chi connectivity index (χ0) is 21.0. The molecule has 0 saturated carbocycles. The molecule has 1 heterocycles. The summed E-state index contributed by atoms with van der Waals surface area (Å²) in [4.78, 5) is 29.5. The lowest BCUT2D eigenvalue weighted by molar-refractivity contribution is -0.118. The molecular formula is C22H22N4O2S. The summed E-state index contributed by atoms with van der Waals surface area (Å²) in [5.41, 5.74) is 3.44. The van der Waals surface area contributed by atoms with Crippen LogP contribution in [0, 0.1) is 18.3 Å². The Hall–Kier alpha value is -3.11. The third-order valence-electron chi connectivity index (χ3n) is 4.69. The van der Waals surface area contributed by atoms with Gasteiger partial charge >= 0.3 is 0 Å². The van der Waals surface area contributed by atoms with Gasteiger partial charge in [-0.3, -0.25) is 9.59 Å². The van der Waals surface area contributed by atoms with Crippen LogP contribution >= 0.6 is 11.8 Å². The minimum atomic E-state index is -0.977. The molecule has 0 radical (unpaired) electrons. The number of rotatable bonds is 7. The van der Waals surface area contributed by atoms with Crippen LogP contribution in [0.1, 0.15) is 24.2 Å². The average Bonchev–Trinajstić information content (AvgIpc) is 3.05. The standard InChI is InChI=1S/C22H22N4O2S/c1-14-8-10-16(11-9-14)24-20(27)13-29-15(2)21(28)17(12-23)22-25-18-6-4-5-7-19(18)26(22)3/h4-11,15,17H,13H2,1-3H3,(H,24,27)/t15-,17-/m0/s1. The van der Waals surface area contributed by atoms with Crippen molar-refractivity contribution in [2.24, 2.45) is 7.05 Å². The third kappa shape index (κ3) is 4.66. The number of nitriles is 1. The normalized spacial score (nSPS) is 12.9. The van der Waals surface area contributed by atoms with Crippen LogP contribution in [0.4, 0.5) is 5.69 Å². The van der Waals surface area contributed by atoms with Gasteiger partial charge in [0.15, 0.2) is 11.7 Å². The summed E-state index contributed by atoms with van der Waals surface area (Å²) in [6.07, 6.45) is 0. The van der Waals surface area contributed by atoms with Crippen molar-refractivity contribution in [2.75, 3.05) is 11.1 Å². The molecular weight excluding hydrogens is 384 g/mol. The average molecular weight is 407 g/mol. The second-order valence-electron chi connectivity index (χ2n) is 6.85. The molecule has 1 aromatic heterocycles. The Balaban J connectivity index is 1.64. The van der Waals surface area contributed by atoms with E-state index in [0.29, 0.717) is 5.82 Å². The Morgan fingerprint density at radius 1 is 1.21 bits per heavy atom. The Kier molecular flexibility index (Phi) is 6.35. The van der Waals surface area contributed by atoms with Crippen molar-refractivity contribution in [1.82, 2.24) is 9.55 Å². The van der Waals surface area contributed by atoms with Crippen LogP contribution < -0.4 is 5.32 Å². The molecule has 29 heavy (non-hydrogen) atoms. The van der Waals surface area contributed by atoms with Crippen LogP contribution in [0.2, 0.25) is 0 Å². The highest BCUT2D eigenvalue weighted by atomic mass is 32.2. The molecule has 3 aromatic rings. The van der Waals surface area contributed by atoms with Gasteiger partial charge in [-0.25, -0.2) is 4.98 Å². The first-order chi connectivity index (χ1) is 13.9. The van der Waals surface area contributed by atoms with E-state index in [1.54, 1.807) is 18.5 Å². The second-order valence-corrected chi connectivity index (χ2v) is 8.18. The molecule has 0 spiro atoms. The molecule has 0 saturated heterocycles. The van der Waals surface area contributed by atoms with Crippen LogP contribution in [0.15, 0.2) is 48.5 Å². The third-order valence-corrected chi connectivity index (χ3v) is 5.86. The van der Waals surface area contributed by atoms with E-state index in [1.165, 1.54) is 11.8 Å². The van der Waals surface area contributed by atoms with Crippen molar-refractivity contribution < 1.29 is 9.59 Å². The van der Waals surface area contributed by atoms with E-state index >= 15 is 0 Å². The van der Waals surface area contributed by atoms with Crippen molar-refractivity contribution >= 4 is 40.2 Å². The van der Waals surface area contributed by atoms with Crippen LogP contribution in [0.25, 0.3) is 11.0 Å². The summed E-state index contributed by atoms with van der Waals surface area (Å²) in [6.45, 7) is 3.70. The number of thioether (sulfide) groups is 1. The van der Waals surface area contributed by atoms with Gasteiger partial charge in [0.05, 0.1) is 28.1 Å². The van der Waals surface area contributed by atoms with Gasteiger partial charge in [-0.1, -0.05) is 29.8 Å². The number of imidazole rings is 1. The maximum atomic E-state index is 12.9. The van der Waals surface area contributed by atoms with Gasteiger partial charge in [-0.2, -0.15) is 5.26 Å². The molecule has 2 atom stereocenters. The SMILES string of the molecule is Cc1ccc(NC(=O)CS[C@@H](C)C(=O)[C@H](C#N)c2nc3ccccc3n2C)cc1. The van der Waals surface area contributed by atoms with Crippen LogP contribution in [-0.4, -0.2) is 32.2 Å². The molecule has 0 bridgehead atoms. The summed E-state index contributed by atoms with van der Waals surface area (Å²) in [5, 5.41) is 11.9. The summed E-state index contributed by atoms with van der Waals surface area (Å²) >= 11 is 1.22. The van der Waals surface area contributed by atoms with Gasteiger partial charge < -0.3 is 9.88 Å². The number of anilines is 1. The fourth-order valence-corrected chi connectivity index (χ4v) is 3.80. The minimum Gasteiger partial charge on any atom is -0.330 e. The molecule has 7 heteroatoms. The van der Waals surface area contributed by atoms with E-state index in [1.807, 2.05) is 55.5 Å². The lowest BCUT2D eigenvalue weighted by Crippen LogP contribution is -2.25. The molecule has 6 nitrogen and oxygen atoms in total. The zero-order valence-corrected chi connectivity index (χ0v) is 17.4. The van der Waals surface area contributed by atoms with Crippen molar-refractivity contribution in [3.63, 3.8) is 0 Å². The molecule has 0 aliphatic heterocycles. The molecule has 148 valence electrons. The van der Waals surface area contributed by atoms with Gasteiger partial charge in [-0.15, -0.1) is 11.8 Å². The van der Waals surface area contributed by atoms with Gasteiger partial charge in [0.2, 0.25) is 5.91 Å². The van der Waals surface area contributed by atoms with E-state index < -0.39 is 11.2 Å². The maximum Gasteiger partial charge on any atom is 0.234 e. The first-order valence-electron chi connectivity index (χ1n) is 9.23. The summed E-state index contributed by atoms with van der Waals surface area (Å²) in [5.74, 6) is -0.860. The molecule has 1 N–H and O–H groups in total. The largest absolute Gasteiger partial charge is 0.330 e. The number of nitrogens with zero attached hydrogens (tertiary/aromatic N) is 3. The number of fused-ring (bicyclic) bond motifs is 1. The highest BCUT2D eigenvalue weighted by Crippen LogP contribution is 2.25. The lowest BCUT2D eigenvalue weighted by atomic mass is 10.0. The molecule has 0 aliphatic carbocycles. The number of aromatic nitrogens is 2. The minimum absolute atomic E-state index is 0.126. The van der Waals surface area contributed by atoms with E-state index in [0.717, 1.165) is 22.3 Å². The van der Waals surface area contributed by atoms with Crippen molar-refractivity contribution in [3.8, 4) is 6.07 Å². The fourth-order valence-electron chi connectivity index (χ4n) is 3.02. The van der Waals surface area contributed by atoms with E-state index in [4.69, 9.17) is 0 Å².